The largest absolute Gasteiger partial charge is 0.353 e. The fraction of sp³-hybridized carbons (Fsp3) is 1.00. The van der Waals surface area contributed by atoms with Gasteiger partial charge in [0.2, 0.25) is 0 Å². The van der Waals surface area contributed by atoms with E-state index in [9.17, 15) is 4.89 Å². The van der Waals surface area contributed by atoms with Gasteiger partial charge in [-0.2, -0.15) is 0 Å². The van der Waals surface area contributed by atoms with Gasteiger partial charge in [0, 0.05) is 0 Å². The van der Waals surface area contributed by atoms with Crippen LogP contribution >= 0.6 is 6.72 Å². The van der Waals surface area contributed by atoms with Gasteiger partial charge in [-0.1, -0.05) is 0 Å². The Labute approximate surface area is 71.6 Å². The second-order valence-corrected chi connectivity index (χ2v) is 4.79. The van der Waals surface area contributed by atoms with Crippen LogP contribution in [0.4, 0.5) is 0 Å². The maximum Gasteiger partial charge on any atom is 0.353 e. The molecule has 0 fully saturated rings. The second kappa shape index (κ2) is 5.19. The minimum atomic E-state index is -3.15. The van der Waals surface area contributed by atoms with Crippen LogP contribution in [0, 0.1) is 0 Å². The molecule has 1 atom stereocenters. The van der Waals surface area contributed by atoms with Crippen molar-refractivity contribution < 1.29 is 19.0 Å². The average molecular weight is 200 g/mol. The van der Waals surface area contributed by atoms with E-state index in [1.807, 2.05) is 0 Å². The van der Waals surface area contributed by atoms with E-state index in [0.717, 1.165) is 0 Å². The van der Waals surface area contributed by atoms with E-state index in [1.165, 1.54) is 0 Å². The van der Waals surface area contributed by atoms with Crippen LogP contribution in [-0.4, -0.2) is 17.6 Å². The van der Waals surface area contributed by atoms with Gasteiger partial charge >= 0.3 is 6.72 Å². The maximum absolute atomic E-state index is 9.17. The molecule has 6 heteroatoms. The van der Waals surface area contributed by atoms with Crippen molar-refractivity contribution >= 4 is 18.5 Å². The van der Waals surface area contributed by atoms with Crippen molar-refractivity contribution in [2.45, 2.75) is 26.9 Å². The second-order valence-electron chi connectivity index (χ2n) is 2.10. The predicted octanol–water partition coefficient (Wildman–Crippen LogP) is 1.60. The maximum atomic E-state index is 9.17. The van der Waals surface area contributed by atoms with E-state index in [0.29, 0.717) is 6.61 Å². The Balaban J connectivity index is 3.71. The molecule has 1 N–H and O–H groups in total. The third-order valence-electron chi connectivity index (χ3n) is 0.609. The quantitative estimate of drug-likeness (QED) is 0.415. The monoisotopic (exact) mass is 200 g/mol. The summed E-state index contributed by atoms with van der Waals surface area (Å²) in [7, 11) is 0. The van der Waals surface area contributed by atoms with Crippen LogP contribution in [0.25, 0.3) is 0 Å². The number of hydrogen-bond acceptors (Lipinski definition) is 4. The Kier molecular flexibility index (Phi) is 5.42. The van der Waals surface area contributed by atoms with Crippen LogP contribution in [0.1, 0.15) is 20.8 Å². The number of hydrogen-bond donors (Lipinski definition) is 1. The predicted molar refractivity (Wildman–Crippen MR) is 45.4 cm³/mol. The SMILES string of the molecule is CCOOP(O)(=S)OC(C)C. The Morgan fingerprint density at radius 2 is 2.09 bits per heavy atom. The lowest BCUT2D eigenvalue weighted by molar-refractivity contribution is -0.213. The highest BCUT2D eigenvalue weighted by atomic mass is 32.5. The van der Waals surface area contributed by atoms with Crippen LogP contribution in [0.2, 0.25) is 0 Å². The van der Waals surface area contributed by atoms with Crippen molar-refractivity contribution in [2.75, 3.05) is 6.61 Å². The summed E-state index contributed by atoms with van der Waals surface area (Å²) in [5, 5.41) is 0. The molecule has 4 nitrogen and oxygen atoms in total. The molecule has 0 aliphatic heterocycles. The first-order valence-corrected chi connectivity index (χ1v) is 5.89. The summed E-state index contributed by atoms with van der Waals surface area (Å²) in [6.07, 6.45) is -0.161. The minimum absolute atomic E-state index is 0.161. The average Bonchev–Trinajstić information content (AvgIpc) is 1.81. The molecule has 0 saturated heterocycles. The van der Waals surface area contributed by atoms with Crippen molar-refractivity contribution in [3.8, 4) is 0 Å². The molecule has 0 aromatic heterocycles. The highest BCUT2D eigenvalue weighted by Crippen LogP contribution is 2.44. The molecule has 0 aliphatic carbocycles. The van der Waals surface area contributed by atoms with Crippen LogP contribution < -0.4 is 0 Å². The Bertz CT molecular complexity index is 149. The van der Waals surface area contributed by atoms with Crippen molar-refractivity contribution in [2.24, 2.45) is 0 Å². The van der Waals surface area contributed by atoms with Crippen LogP contribution in [0.5, 0.6) is 0 Å². The molecule has 0 aliphatic rings. The summed E-state index contributed by atoms with van der Waals surface area (Å²) in [5.41, 5.74) is 0. The molecule has 0 heterocycles. The van der Waals surface area contributed by atoms with Gasteiger partial charge in [-0.05, 0) is 32.6 Å². The van der Waals surface area contributed by atoms with Gasteiger partial charge in [0.25, 0.3) is 0 Å². The van der Waals surface area contributed by atoms with Gasteiger partial charge in [-0.25, -0.2) is 4.89 Å². The molecule has 0 amide bonds. The molecule has 0 aromatic carbocycles. The Hall–Kier alpha value is 0.490. The zero-order chi connectivity index (χ0) is 8.91. The molecule has 0 spiro atoms. The summed E-state index contributed by atoms with van der Waals surface area (Å²) < 4.78 is 9.32. The van der Waals surface area contributed by atoms with Crippen molar-refractivity contribution in [1.82, 2.24) is 0 Å². The first-order valence-electron chi connectivity index (χ1n) is 3.30. The molecule has 11 heavy (non-hydrogen) atoms. The van der Waals surface area contributed by atoms with Gasteiger partial charge in [-0.3, -0.25) is 0 Å². The lowest BCUT2D eigenvalue weighted by Gasteiger charge is -2.15. The van der Waals surface area contributed by atoms with E-state index in [1.54, 1.807) is 20.8 Å². The van der Waals surface area contributed by atoms with Gasteiger partial charge in [0.15, 0.2) is 0 Å². The Morgan fingerprint density at radius 3 is 2.45 bits per heavy atom. The van der Waals surface area contributed by atoms with Gasteiger partial charge < -0.3 is 9.42 Å². The lowest BCUT2D eigenvalue weighted by Crippen LogP contribution is -2.02. The third-order valence-corrected chi connectivity index (χ3v) is 2.03. The molecule has 1 unspecified atom stereocenters. The fourth-order valence-corrected chi connectivity index (χ4v) is 1.86. The van der Waals surface area contributed by atoms with E-state index in [2.05, 4.69) is 21.4 Å². The Morgan fingerprint density at radius 1 is 1.55 bits per heavy atom. The third kappa shape index (κ3) is 6.87. The first kappa shape index (κ1) is 11.5. The summed E-state index contributed by atoms with van der Waals surface area (Å²) >= 11 is 4.58. The number of rotatable bonds is 5. The van der Waals surface area contributed by atoms with Crippen LogP contribution in [0.3, 0.4) is 0 Å². The van der Waals surface area contributed by atoms with E-state index in [4.69, 9.17) is 4.52 Å². The van der Waals surface area contributed by atoms with Crippen molar-refractivity contribution in [1.29, 1.82) is 0 Å². The highest BCUT2D eigenvalue weighted by molar-refractivity contribution is 8.07. The molecule has 0 saturated carbocycles. The molecule has 0 radical (unpaired) electrons. The topological polar surface area (TPSA) is 47.9 Å². The molecular weight excluding hydrogens is 187 g/mol. The van der Waals surface area contributed by atoms with Crippen molar-refractivity contribution in [3.05, 3.63) is 0 Å². The van der Waals surface area contributed by atoms with Gasteiger partial charge in [0.1, 0.15) is 0 Å². The highest BCUT2D eigenvalue weighted by Gasteiger charge is 2.17. The zero-order valence-corrected chi connectivity index (χ0v) is 8.52. The molecule has 68 valence electrons. The van der Waals surface area contributed by atoms with Crippen LogP contribution in [0.15, 0.2) is 0 Å². The summed E-state index contributed by atoms with van der Waals surface area (Å²) in [5.74, 6) is 0. The van der Waals surface area contributed by atoms with Crippen molar-refractivity contribution in [3.63, 3.8) is 0 Å². The standard InChI is InChI=1S/C5H13O4PS/c1-4-7-9-10(6,11)8-5(2)3/h5H,4H2,1-3H3,(H,6,11). The molecule has 0 aromatic rings. The van der Waals surface area contributed by atoms with E-state index < -0.39 is 6.72 Å². The van der Waals surface area contributed by atoms with Gasteiger partial charge in [-0.15, -0.1) is 4.67 Å². The smallest absolute Gasteiger partial charge is 0.323 e. The van der Waals surface area contributed by atoms with Crippen LogP contribution in [-0.2, 0) is 25.9 Å². The van der Waals surface area contributed by atoms with E-state index in [-0.39, 0.29) is 6.10 Å². The molecule has 0 rings (SSSR count). The molecular formula is C5H13O4PS. The first-order chi connectivity index (χ1) is 4.98. The van der Waals surface area contributed by atoms with E-state index >= 15 is 0 Å². The summed E-state index contributed by atoms with van der Waals surface area (Å²) in [6, 6.07) is 0. The lowest BCUT2D eigenvalue weighted by atomic mass is 10.5. The zero-order valence-electron chi connectivity index (χ0n) is 6.81. The molecule has 0 bridgehead atoms. The fourth-order valence-electron chi connectivity index (χ4n) is 0.403. The summed E-state index contributed by atoms with van der Waals surface area (Å²) in [4.78, 5) is 13.6. The normalized spacial score (nSPS) is 16.8. The van der Waals surface area contributed by atoms with Gasteiger partial charge in [0.05, 0.1) is 12.7 Å². The minimum Gasteiger partial charge on any atom is -0.323 e. The summed E-state index contributed by atoms with van der Waals surface area (Å²) in [6.45, 7) is 2.42.